The predicted molar refractivity (Wildman–Crippen MR) is 104 cm³/mol. The lowest BCUT2D eigenvalue weighted by Gasteiger charge is -2.13. The van der Waals surface area contributed by atoms with Gasteiger partial charge in [0.1, 0.15) is 0 Å². The molecule has 1 aliphatic rings. The third-order valence-corrected chi connectivity index (χ3v) is 4.53. The molecule has 1 fully saturated rings. The highest BCUT2D eigenvalue weighted by Gasteiger charge is 2.20. The molecule has 0 bridgehead atoms. The Labute approximate surface area is 161 Å². The first kappa shape index (κ1) is 19.2. The molecule has 1 atom stereocenters. The molecule has 1 aromatic heterocycles. The first-order valence-electron chi connectivity index (χ1n) is 8.81. The number of aromatic amines is 1. The minimum absolute atomic E-state index is 0.00650. The van der Waals surface area contributed by atoms with Crippen molar-refractivity contribution in [3.8, 4) is 5.75 Å². The highest BCUT2D eigenvalue weighted by atomic mass is 35.5. The maximum absolute atomic E-state index is 12.4. The molecule has 1 amide bonds. The second-order valence-electron chi connectivity index (χ2n) is 6.29. The van der Waals surface area contributed by atoms with Crippen LogP contribution in [0.3, 0.4) is 0 Å². The van der Waals surface area contributed by atoms with Crippen LogP contribution in [0.1, 0.15) is 30.5 Å². The van der Waals surface area contributed by atoms with E-state index in [-0.39, 0.29) is 36.5 Å². The summed E-state index contributed by atoms with van der Waals surface area (Å²) in [5.74, 6) is 0.227. The maximum atomic E-state index is 12.4. The number of amides is 1. The van der Waals surface area contributed by atoms with Crippen molar-refractivity contribution in [3.05, 3.63) is 69.1 Å². The summed E-state index contributed by atoms with van der Waals surface area (Å²) >= 11 is 5.99. The van der Waals surface area contributed by atoms with Crippen LogP contribution in [0, 0.1) is 0 Å². The molecule has 1 saturated heterocycles. The summed E-state index contributed by atoms with van der Waals surface area (Å²) in [6, 6.07) is 10.6. The molecule has 2 aromatic rings. The smallest absolute Gasteiger partial charge is 0.290 e. The zero-order valence-electron chi connectivity index (χ0n) is 14.7. The van der Waals surface area contributed by atoms with E-state index in [0.29, 0.717) is 30.0 Å². The monoisotopic (exact) mass is 388 g/mol. The van der Waals surface area contributed by atoms with Gasteiger partial charge in [-0.25, -0.2) is 0 Å². The van der Waals surface area contributed by atoms with Gasteiger partial charge in [-0.2, -0.15) is 0 Å². The second kappa shape index (κ2) is 8.88. The fourth-order valence-corrected chi connectivity index (χ4v) is 3.04. The molecule has 1 aliphatic heterocycles. The summed E-state index contributed by atoms with van der Waals surface area (Å²) in [4.78, 5) is 26.7. The number of carbonyl (C=O) groups is 1. The van der Waals surface area contributed by atoms with Crippen LogP contribution in [-0.4, -0.2) is 35.3 Å². The normalized spacial score (nSPS) is 17.0. The van der Waals surface area contributed by atoms with Gasteiger partial charge in [-0.05, 0) is 36.2 Å². The van der Waals surface area contributed by atoms with Crippen molar-refractivity contribution in [3.63, 3.8) is 0 Å². The molecule has 1 aromatic carbocycles. The van der Waals surface area contributed by atoms with Gasteiger partial charge in [-0.1, -0.05) is 29.8 Å². The van der Waals surface area contributed by atoms with E-state index in [2.05, 4.69) is 10.3 Å². The summed E-state index contributed by atoms with van der Waals surface area (Å²) in [5.41, 5.74) is 1.96. The SMILES string of the molecule is O=C1CC[C@H](/C=C(\c2ccc(Cl)cc2)c2ccc(OCCCO)c(=O)[nH]2)N1. The average molecular weight is 389 g/mol. The van der Waals surface area contributed by atoms with Gasteiger partial charge < -0.3 is 20.1 Å². The van der Waals surface area contributed by atoms with Crippen molar-refractivity contribution in [1.29, 1.82) is 0 Å². The van der Waals surface area contributed by atoms with Crippen molar-refractivity contribution < 1.29 is 14.6 Å². The van der Waals surface area contributed by atoms with Crippen molar-refractivity contribution in [2.24, 2.45) is 0 Å². The van der Waals surface area contributed by atoms with Crippen molar-refractivity contribution in [1.82, 2.24) is 10.3 Å². The largest absolute Gasteiger partial charge is 0.488 e. The molecule has 3 rings (SSSR count). The Kier molecular flexibility index (Phi) is 6.32. The zero-order chi connectivity index (χ0) is 19.2. The molecule has 3 N–H and O–H groups in total. The Morgan fingerprint density at radius 3 is 2.63 bits per heavy atom. The summed E-state index contributed by atoms with van der Waals surface area (Å²) in [5, 5.41) is 12.4. The Bertz CT molecular complexity index is 890. The lowest BCUT2D eigenvalue weighted by atomic mass is 9.99. The predicted octanol–water partition coefficient (Wildman–Crippen LogP) is 2.50. The van der Waals surface area contributed by atoms with Crippen LogP contribution in [0.2, 0.25) is 5.02 Å². The topological polar surface area (TPSA) is 91.4 Å². The zero-order valence-corrected chi connectivity index (χ0v) is 15.5. The van der Waals surface area contributed by atoms with Crippen LogP contribution in [0.5, 0.6) is 5.75 Å². The first-order valence-corrected chi connectivity index (χ1v) is 9.19. The molecule has 142 valence electrons. The van der Waals surface area contributed by atoms with Crippen LogP contribution in [0.4, 0.5) is 0 Å². The van der Waals surface area contributed by atoms with Crippen LogP contribution in [0.25, 0.3) is 5.57 Å². The number of benzene rings is 1. The summed E-state index contributed by atoms with van der Waals surface area (Å²) in [6.45, 7) is 0.277. The molecule has 0 aliphatic carbocycles. The summed E-state index contributed by atoms with van der Waals surface area (Å²) in [7, 11) is 0. The number of ether oxygens (including phenoxy) is 1. The molecular formula is C20H21ClN2O4. The molecule has 0 saturated carbocycles. The average Bonchev–Trinajstić information content (AvgIpc) is 3.07. The third-order valence-electron chi connectivity index (χ3n) is 4.28. The fourth-order valence-electron chi connectivity index (χ4n) is 2.91. The molecule has 7 heteroatoms. The Morgan fingerprint density at radius 2 is 2.00 bits per heavy atom. The van der Waals surface area contributed by atoms with Gasteiger partial charge in [-0.3, -0.25) is 9.59 Å². The minimum Gasteiger partial charge on any atom is -0.488 e. The molecule has 0 unspecified atom stereocenters. The maximum Gasteiger partial charge on any atom is 0.290 e. The number of hydrogen-bond acceptors (Lipinski definition) is 4. The molecule has 6 nitrogen and oxygen atoms in total. The van der Waals surface area contributed by atoms with Gasteiger partial charge in [0.25, 0.3) is 5.56 Å². The molecule has 2 heterocycles. The molecule has 0 radical (unpaired) electrons. The van der Waals surface area contributed by atoms with E-state index < -0.39 is 0 Å². The Hall–Kier alpha value is -2.57. The molecule has 27 heavy (non-hydrogen) atoms. The highest BCUT2D eigenvalue weighted by Crippen LogP contribution is 2.25. The highest BCUT2D eigenvalue weighted by molar-refractivity contribution is 6.30. The van der Waals surface area contributed by atoms with Gasteiger partial charge in [-0.15, -0.1) is 0 Å². The van der Waals surface area contributed by atoms with Gasteiger partial charge >= 0.3 is 0 Å². The number of aromatic nitrogens is 1. The Morgan fingerprint density at radius 1 is 1.22 bits per heavy atom. The lowest BCUT2D eigenvalue weighted by molar-refractivity contribution is -0.119. The quantitative estimate of drug-likeness (QED) is 0.635. The fraction of sp³-hybridized carbons (Fsp3) is 0.300. The van der Waals surface area contributed by atoms with Gasteiger partial charge in [0.2, 0.25) is 5.91 Å². The number of aliphatic hydroxyl groups is 1. The van der Waals surface area contributed by atoms with E-state index in [1.54, 1.807) is 24.3 Å². The van der Waals surface area contributed by atoms with E-state index in [1.165, 1.54) is 0 Å². The van der Waals surface area contributed by atoms with Crippen LogP contribution in [-0.2, 0) is 4.79 Å². The number of aliphatic hydroxyl groups excluding tert-OH is 1. The number of nitrogens with one attached hydrogen (secondary N) is 2. The van der Waals surface area contributed by atoms with E-state index >= 15 is 0 Å². The standard InChI is InChI=1S/C20H21ClN2O4/c21-14-4-2-13(3-5-14)16(12-15-6-9-19(25)22-15)17-7-8-18(20(26)23-17)27-11-1-10-24/h2-5,7-8,12,15,24H,1,6,9-11H2,(H,22,25)(H,23,26)/b16-12+/t15-/m1/s1. The number of halogens is 1. The van der Waals surface area contributed by atoms with Gasteiger partial charge in [0, 0.05) is 41.8 Å². The number of carbonyl (C=O) groups excluding carboxylic acids is 1. The van der Waals surface area contributed by atoms with Crippen LogP contribution in [0.15, 0.2) is 47.3 Å². The summed E-state index contributed by atoms with van der Waals surface area (Å²) < 4.78 is 5.38. The van der Waals surface area contributed by atoms with Gasteiger partial charge in [0.05, 0.1) is 6.61 Å². The van der Waals surface area contributed by atoms with Crippen molar-refractivity contribution in [2.45, 2.75) is 25.3 Å². The van der Waals surface area contributed by atoms with Crippen molar-refractivity contribution in [2.75, 3.05) is 13.2 Å². The number of rotatable bonds is 7. The minimum atomic E-state index is -0.347. The number of H-pyrrole nitrogens is 1. The van der Waals surface area contributed by atoms with Gasteiger partial charge in [0.15, 0.2) is 5.75 Å². The molecular weight excluding hydrogens is 368 g/mol. The van der Waals surface area contributed by atoms with Crippen LogP contribution >= 0.6 is 11.6 Å². The second-order valence-corrected chi connectivity index (χ2v) is 6.73. The first-order chi connectivity index (χ1) is 13.1. The van der Waals surface area contributed by atoms with E-state index in [9.17, 15) is 9.59 Å². The van der Waals surface area contributed by atoms with E-state index in [4.69, 9.17) is 21.4 Å². The number of pyridine rings is 1. The Balaban J connectivity index is 1.94. The summed E-state index contributed by atoms with van der Waals surface area (Å²) in [6.07, 6.45) is 3.61. The molecule has 0 spiro atoms. The van der Waals surface area contributed by atoms with E-state index in [0.717, 1.165) is 11.1 Å². The lowest BCUT2D eigenvalue weighted by Crippen LogP contribution is -2.23. The third kappa shape index (κ3) is 4.99. The van der Waals surface area contributed by atoms with Crippen LogP contribution < -0.4 is 15.6 Å². The van der Waals surface area contributed by atoms with Crippen molar-refractivity contribution >= 4 is 23.1 Å². The van der Waals surface area contributed by atoms with E-state index in [1.807, 2.05) is 18.2 Å². The number of hydrogen-bond donors (Lipinski definition) is 3.